The van der Waals surface area contributed by atoms with Crippen molar-refractivity contribution in [3.63, 3.8) is 0 Å². The molecule has 1 heterocycles. The van der Waals surface area contributed by atoms with Gasteiger partial charge in [-0.2, -0.15) is 0 Å². The van der Waals surface area contributed by atoms with Crippen LogP contribution in [0, 0.1) is 0 Å². The highest BCUT2D eigenvalue weighted by atomic mass is 32.2. The van der Waals surface area contributed by atoms with E-state index in [1.807, 2.05) is 12.1 Å². The van der Waals surface area contributed by atoms with Crippen molar-refractivity contribution in [3.8, 4) is 5.75 Å². The van der Waals surface area contributed by atoms with Crippen LogP contribution < -0.4 is 10.1 Å². The third kappa shape index (κ3) is 2.71. The molecule has 0 aliphatic carbocycles. The molecule has 1 unspecified atom stereocenters. The Morgan fingerprint density at radius 1 is 1.11 bits per heavy atom. The maximum absolute atomic E-state index is 5.68. The van der Waals surface area contributed by atoms with E-state index in [1.54, 1.807) is 11.8 Å². The molecule has 19 heavy (non-hydrogen) atoms. The van der Waals surface area contributed by atoms with Crippen LogP contribution in [0.5, 0.6) is 5.75 Å². The van der Waals surface area contributed by atoms with Crippen LogP contribution >= 0.6 is 11.8 Å². The summed E-state index contributed by atoms with van der Waals surface area (Å²) in [4.78, 5) is 1.29. The van der Waals surface area contributed by atoms with Gasteiger partial charge in [-0.15, -0.1) is 11.8 Å². The van der Waals surface area contributed by atoms with Gasteiger partial charge in [0, 0.05) is 22.6 Å². The van der Waals surface area contributed by atoms with Crippen molar-refractivity contribution in [2.75, 3.05) is 18.2 Å². The van der Waals surface area contributed by atoms with Gasteiger partial charge in [0.05, 0.1) is 12.6 Å². The lowest BCUT2D eigenvalue weighted by Crippen LogP contribution is -2.20. The van der Waals surface area contributed by atoms with Crippen LogP contribution in [-0.4, -0.2) is 12.9 Å². The van der Waals surface area contributed by atoms with E-state index in [0.717, 1.165) is 18.8 Å². The first kappa shape index (κ1) is 12.4. The minimum Gasteiger partial charge on any atom is -0.493 e. The molecule has 1 atom stereocenters. The highest BCUT2D eigenvalue weighted by Crippen LogP contribution is 2.34. The minimum atomic E-state index is 0.338. The monoisotopic (exact) mass is 271 g/mol. The zero-order valence-electron chi connectivity index (χ0n) is 10.9. The smallest absolute Gasteiger partial charge is 0.124 e. The lowest BCUT2D eigenvalue weighted by molar-refractivity contribution is 0.274. The molecule has 3 heteroatoms. The topological polar surface area (TPSA) is 21.3 Å². The van der Waals surface area contributed by atoms with Crippen molar-refractivity contribution in [1.82, 2.24) is 0 Å². The van der Waals surface area contributed by atoms with Crippen molar-refractivity contribution in [2.45, 2.75) is 17.4 Å². The summed E-state index contributed by atoms with van der Waals surface area (Å²) < 4.78 is 5.68. The lowest BCUT2D eigenvalue weighted by Gasteiger charge is -2.27. The van der Waals surface area contributed by atoms with Gasteiger partial charge < -0.3 is 10.1 Å². The van der Waals surface area contributed by atoms with Gasteiger partial charge in [0.1, 0.15) is 5.75 Å². The van der Waals surface area contributed by atoms with Crippen LogP contribution in [0.15, 0.2) is 53.4 Å². The Morgan fingerprint density at radius 3 is 2.68 bits per heavy atom. The van der Waals surface area contributed by atoms with Gasteiger partial charge in [-0.05, 0) is 36.6 Å². The average molecular weight is 271 g/mol. The summed E-state index contributed by atoms with van der Waals surface area (Å²) in [5, 5.41) is 3.60. The first-order valence-electron chi connectivity index (χ1n) is 6.49. The van der Waals surface area contributed by atoms with E-state index in [-0.39, 0.29) is 0 Å². The molecule has 2 aromatic carbocycles. The number of thioether (sulfide) groups is 1. The fraction of sp³-hybridized carbons (Fsp3) is 0.250. The van der Waals surface area contributed by atoms with Gasteiger partial charge in [-0.1, -0.05) is 18.2 Å². The predicted molar refractivity (Wildman–Crippen MR) is 81.1 cm³/mol. The van der Waals surface area contributed by atoms with E-state index in [9.17, 15) is 0 Å². The summed E-state index contributed by atoms with van der Waals surface area (Å²) in [5.74, 6) is 1.01. The molecule has 0 spiro atoms. The minimum absolute atomic E-state index is 0.338. The summed E-state index contributed by atoms with van der Waals surface area (Å²) in [6.07, 6.45) is 3.10. The van der Waals surface area contributed by atoms with E-state index >= 15 is 0 Å². The number of ether oxygens (including phenoxy) is 1. The molecule has 2 nitrogen and oxygen atoms in total. The van der Waals surface area contributed by atoms with Crippen molar-refractivity contribution < 1.29 is 4.74 Å². The normalized spacial score (nSPS) is 17.4. The van der Waals surface area contributed by atoms with Crippen LogP contribution in [0.1, 0.15) is 18.0 Å². The van der Waals surface area contributed by atoms with Crippen molar-refractivity contribution in [2.24, 2.45) is 0 Å². The van der Waals surface area contributed by atoms with Gasteiger partial charge in [-0.3, -0.25) is 0 Å². The second kappa shape index (κ2) is 5.57. The van der Waals surface area contributed by atoms with E-state index in [0.29, 0.717) is 6.04 Å². The van der Waals surface area contributed by atoms with Crippen LogP contribution in [0.4, 0.5) is 5.69 Å². The molecule has 0 radical (unpaired) electrons. The van der Waals surface area contributed by atoms with Crippen LogP contribution in [0.2, 0.25) is 0 Å². The molecular formula is C16H17NOS. The lowest BCUT2D eigenvalue weighted by atomic mass is 10.0. The van der Waals surface area contributed by atoms with Crippen LogP contribution in [0.3, 0.4) is 0 Å². The molecular weight excluding hydrogens is 254 g/mol. The third-order valence-corrected chi connectivity index (χ3v) is 4.13. The molecule has 0 saturated heterocycles. The number of fused-ring (bicyclic) bond motifs is 1. The number of hydrogen-bond donors (Lipinski definition) is 1. The SMILES string of the molecule is CSc1ccc(NC2CCOc3ccccc32)cc1. The molecule has 98 valence electrons. The second-order valence-electron chi connectivity index (χ2n) is 4.60. The average Bonchev–Trinajstić information content (AvgIpc) is 2.48. The Labute approximate surface area is 118 Å². The summed E-state index contributed by atoms with van der Waals surface area (Å²) in [6, 6.07) is 17.2. The third-order valence-electron chi connectivity index (χ3n) is 3.39. The first-order valence-corrected chi connectivity index (χ1v) is 7.71. The standard InChI is InChI=1S/C16H17NOS/c1-19-13-8-6-12(7-9-13)17-15-10-11-18-16-5-3-2-4-14(15)16/h2-9,15,17H,10-11H2,1H3. The summed E-state index contributed by atoms with van der Waals surface area (Å²) >= 11 is 1.76. The van der Waals surface area contributed by atoms with Crippen LogP contribution in [0.25, 0.3) is 0 Å². The van der Waals surface area contributed by atoms with Crippen molar-refractivity contribution in [1.29, 1.82) is 0 Å². The Bertz CT molecular complexity index is 553. The number of para-hydroxylation sites is 1. The fourth-order valence-electron chi connectivity index (χ4n) is 2.38. The molecule has 0 aromatic heterocycles. The number of hydrogen-bond acceptors (Lipinski definition) is 3. The van der Waals surface area contributed by atoms with Gasteiger partial charge in [-0.25, -0.2) is 0 Å². The number of anilines is 1. The second-order valence-corrected chi connectivity index (χ2v) is 5.48. The molecule has 1 aliphatic heterocycles. The molecule has 1 aliphatic rings. The quantitative estimate of drug-likeness (QED) is 0.839. The predicted octanol–water partition coefficient (Wildman–Crippen LogP) is 4.34. The zero-order valence-corrected chi connectivity index (χ0v) is 11.7. The van der Waals surface area contributed by atoms with E-state index < -0.39 is 0 Å². The molecule has 0 bridgehead atoms. The molecule has 2 aromatic rings. The van der Waals surface area contributed by atoms with Crippen molar-refractivity contribution in [3.05, 3.63) is 54.1 Å². The number of rotatable bonds is 3. The maximum atomic E-state index is 5.68. The van der Waals surface area contributed by atoms with E-state index in [2.05, 4.69) is 48.0 Å². The largest absolute Gasteiger partial charge is 0.493 e. The Morgan fingerprint density at radius 2 is 1.89 bits per heavy atom. The highest BCUT2D eigenvalue weighted by Gasteiger charge is 2.20. The van der Waals surface area contributed by atoms with Crippen LogP contribution in [-0.2, 0) is 0 Å². The molecule has 0 amide bonds. The Hall–Kier alpha value is -1.61. The number of nitrogens with one attached hydrogen (secondary N) is 1. The Kier molecular flexibility index (Phi) is 3.65. The van der Waals surface area contributed by atoms with Gasteiger partial charge in [0.2, 0.25) is 0 Å². The van der Waals surface area contributed by atoms with Gasteiger partial charge in [0.25, 0.3) is 0 Å². The first-order chi connectivity index (χ1) is 9.36. The van der Waals surface area contributed by atoms with Gasteiger partial charge in [0.15, 0.2) is 0 Å². The van der Waals surface area contributed by atoms with E-state index in [1.165, 1.54) is 16.1 Å². The molecule has 0 saturated carbocycles. The summed E-state index contributed by atoms with van der Waals surface area (Å²) in [7, 11) is 0. The zero-order chi connectivity index (χ0) is 13.1. The summed E-state index contributed by atoms with van der Waals surface area (Å²) in [5.41, 5.74) is 2.42. The van der Waals surface area contributed by atoms with Gasteiger partial charge >= 0.3 is 0 Å². The Balaban J connectivity index is 1.80. The number of benzene rings is 2. The molecule has 1 N–H and O–H groups in total. The maximum Gasteiger partial charge on any atom is 0.124 e. The molecule has 3 rings (SSSR count). The summed E-state index contributed by atoms with van der Waals surface area (Å²) in [6.45, 7) is 0.775. The molecule has 0 fully saturated rings. The highest BCUT2D eigenvalue weighted by molar-refractivity contribution is 7.98. The van der Waals surface area contributed by atoms with E-state index in [4.69, 9.17) is 4.74 Å². The fourth-order valence-corrected chi connectivity index (χ4v) is 2.79. The van der Waals surface area contributed by atoms with Crippen molar-refractivity contribution >= 4 is 17.4 Å².